The molecule has 0 saturated heterocycles. The monoisotopic (exact) mass is 522 g/mol. The Bertz CT molecular complexity index is 720. The molecule has 206 valence electrons. The summed E-state index contributed by atoms with van der Waals surface area (Å²) in [7, 11) is 2.01. The Kier molecular flexibility index (Phi) is 18.4. The third kappa shape index (κ3) is 13.6. The van der Waals surface area contributed by atoms with Crippen molar-refractivity contribution in [3.05, 3.63) is 18.2 Å². The first-order valence-corrected chi connectivity index (χ1v) is 15.0. The quantitative estimate of drug-likeness (QED) is 0.0663. The third-order valence-electron chi connectivity index (χ3n) is 6.26. The number of rotatable bonds is 22. The maximum atomic E-state index is 12.6. The number of aromatic nitrogens is 2. The second kappa shape index (κ2) is 20.5. The fraction of sp³-hybridized carbons (Fsp3) is 0.793. The smallest absolute Gasteiger partial charge is 0.307 e. The number of hydrogen-bond acceptors (Lipinski definition) is 7. The summed E-state index contributed by atoms with van der Waals surface area (Å²) in [5.41, 5.74) is 1.86. The fourth-order valence-corrected chi connectivity index (χ4v) is 4.71. The summed E-state index contributed by atoms with van der Waals surface area (Å²) in [5.74, 6) is 0.687. The molecule has 0 amide bonds. The van der Waals surface area contributed by atoms with Gasteiger partial charge < -0.3 is 9.47 Å². The van der Waals surface area contributed by atoms with Gasteiger partial charge in [-0.2, -0.15) is 4.37 Å². The summed E-state index contributed by atoms with van der Waals surface area (Å²) in [5, 5.41) is 0. The minimum absolute atomic E-state index is 0.104. The van der Waals surface area contributed by atoms with E-state index in [1.54, 1.807) is 0 Å². The average Bonchev–Trinajstić information content (AvgIpc) is 3.32. The molecule has 1 unspecified atom stereocenters. The van der Waals surface area contributed by atoms with Crippen LogP contribution in [-0.2, 0) is 9.53 Å². The Balaban J connectivity index is 2.70. The van der Waals surface area contributed by atoms with E-state index in [1.165, 1.54) is 63.1 Å². The SMILES string of the molecule is C[CH+]C/C=C(\CN(C)C(OC(=O)CCCCCCCCC)C(C)C)c1nsnc1OCCCCCC. The molecular formula is C29H52N3O3S+. The maximum absolute atomic E-state index is 12.6. The highest BCUT2D eigenvalue weighted by Crippen LogP contribution is 2.27. The molecule has 0 aromatic carbocycles. The predicted octanol–water partition coefficient (Wildman–Crippen LogP) is 8.09. The van der Waals surface area contributed by atoms with Gasteiger partial charge in [-0.25, -0.2) is 0 Å². The lowest BCUT2D eigenvalue weighted by Crippen LogP contribution is -2.40. The highest BCUT2D eigenvalue weighted by Gasteiger charge is 2.26. The zero-order chi connectivity index (χ0) is 26.6. The minimum atomic E-state index is -0.291. The summed E-state index contributed by atoms with van der Waals surface area (Å²) in [6, 6.07) is 0. The van der Waals surface area contributed by atoms with Crippen molar-refractivity contribution in [3.8, 4) is 5.88 Å². The largest absolute Gasteiger partial charge is 0.475 e. The van der Waals surface area contributed by atoms with Crippen LogP contribution in [0.5, 0.6) is 5.88 Å². The number of carbonyl (C=O) groups excluding carboxylic acids is 1. The van der Waals surface area contributed by atoms with Crippen molar-refractivity contribution in [1.29, 1.82) is 0 Å². The highest BCUT2D eigenvalue weighted by molar-refractivity contribution is 6.99. The molecule has 0 radical (unpaired) electrons. The Morgan fingerprint density at radius 1 is 1.00 bits per heavy atom. The first-order chi connectivity index (χ1) is 17.4. The summed E-state index contributed by atoms with van der Waals surface area (Å²) < 4.78 is 21.0. The number of hydrogen-bond donors (Lipinski definition) is 0. The predicted molar refractivity (Wildman–Crippen MR) is 152 cm³/mol. The van der Waals surface area contributed by atoms with E-state index in [0.717, 1.165) is 37.0 Å². The van der Waals surface area contributed by atoms with Gasteiger partial charge in [-0.3, -0.25) is 9.69 Å². The molecule has 0 saturated carbocycles. The molecule has 1 aromatic rings. The molecule has 0 bridgehead atoms. The van der Waals surface area contributed by atoms with Gasteiger partial charge >= 0.3 is 5.97 Å². The molecule has 1 rings (SSSR count). The minimum Gasteiger partial charge on any atom is -0.475 e. The molecule has 1 aromatic heterocycles. The van der Waals surface area contributed by atoms with E-state index in [2.05, 4.69) is 53.8 Å². The number of carbonyl (C=O) groups is 1. The van der Waals surface area contributed by atoms with Gasteiger partial charge in [-0.15, -0.1) is 4.37 Å². The summed E-state index contributed by atoms with van der Waals surface area (Å²) in [6.45, 7) is 11.9. The molecule has 0 N–H and O–H groups in total. The van der Waals surface area contributed by atoms with Crippen LogP contribution in [0.4, 0.5) is 0 Å². The fourth-order valence-electron chi connectivity index (χ4n) is 4.18. The van der Waals surface area contributed by atoms with E-state index in [1.807, 2.05) is 14.0 Å². The van der Waals surface area contributed by atoms with Crippen molar-refractivity contribution in [2.45, 2.75) is 124 Å². The lowest BCUT2D eigenvalue weighted by molar-refractivity contribution is -0.162. The van der Waals surface area contributed by atoms with Crippen molar-refractivity contribution in [2.75, 3.05) is 20.2 Å². The van der Waals surface area contributed by atoms with Crippen LogP contribution in [0.2, 0.25) is 0 Å². The number of esters is 1. The highest BCUT2D eigenvalue weighted by atomic mass is 32.1. The van der Waals surface area contributed by atoms with E-state index in [4.69, 9.17) is 9.47 Å². The molecule has 0 aliphatic heterocycles. The van der Waals surface area contributed by atoms with Crippen molar-refractivity contribution < 1.29 is 14.3 Å². The first kappa shape index (κ1) is 32.4. The number of ether oxygens (including phenoxy) is 2. The van der Waals surface area contributed by atoms with Crippen LogP contribution in [-0.4, -0.2) is 46.0 Å². The van der Waals surface area contributed by atoms with E-state index < -0.39 is 0 Å². The molecule has 6 nitrogen and oxygen atoms in total. The van der Waals surface area contributed by atoms with Gasteiger partial charge in [-0.05, 0) is 31.5 Å². The van der Waals surface area contributed by atoms with Crippen LogP contribution < -0.4 is 4.74 Å². The normalized spacial score (nSPS) is 12.8. The van der Waals surface area contributed by atoms with Crippen LogP contribution in [0.3, 0.4) is 0 Å². The van der Waals surface area contributed by atoms with Crippen molar-refractivity contribution >= 4 is 23.3 Å². The standard InChI is InChI=1S/C29H52N3O3S/c1-7-10-13-15-16-17-18-21-26(33)35-29(24(4)5)32(6)23-25(20-12-9-3)27-28(31-36-30-27)34-22-19-14-11-8-2/h9,20,24,29H,7-8,10-19,21-23H2,1-6H3/q+1/b25-20+. The maximum Gasteiger partial charge on any atom is 0.307 e. The van der Waals surface area contributed by atoms with Crippen LogP contribution in [0.1, 0.15) is 124 Å². The van der Waals surface area contributed by atoms with Crippen LogP contribution >= 0.6 is 11.7 Å². The average molecular weight is 523 g/mol. The summed E-state index contributed by atoms with van der Waals surface area (Å²) >= 11 is 1.19. The zero-order valence-corrected chi connectivity index (χ0v) is 24.7. The van der Waals surface area contributed by atoms with Gasteiger partial charge in [0.05, 0.1) is 31.7 Å². The number of nitrogens with zero attached hydrogens (tertiary/aromatic N) is 3. The van der Waals surface area contributed by atoms with E-state index in [9.17, 15) is 4.79 Å². The van der Waals surface area contributed by atoms with Gasteiger partial charge in [0.1, 0.15) is 12.1 Å². The molecule has 0 fully saturated rings. The molecule has 0 aliphatic rings. The number of allylic oxidation sites excluding steroid dienone is 1. The van der Waals surface area contributed by atoms with Gasteiger partial charge in [0.25, 0.3) is 5.88 Å². The number of unbranched alkanes of at least 4 members (excludes halogenated alkanes) is 10. The molecule has 0 aliphatic carbocycles. The lowest BCUT2D eigenvalue weighted by Gasteiger charge is -2.31. The molecule has 1 heterocycles. The Labute approximate surface area is 225 Å². The summed E-state index contributed by atoms with van der Waals surface area (Å²) in [4.78, 5) is 14.7. The van der Waals surface area contributed by atoms with Crippen molar-refractivity contribution in [3.63, 3.8) is 0 Å². The Hall–Kier alpha value is -1.60. The van der Waals surface area contributed by atoms with Crippen LogP contribution in [0.15, 0.2) is 6.08 Å². The van der Waals surface area contributed by atoms with Crippen molar-refractivity contribution in [1.82, 2.24) is 13.6 Å². The van der Waals surface area contributed by atoms with E-state index in [-0.39, 0.29) is 18.1 Å². The topological polar surface area (TPSA) is 64.5 Å². The van der Waals surface area contributed by atoms with Gasteiger partial charge in [-0.1, -0.05) is 85.5 Å². The van der Waals surface area contributed by atoms with E-state index in [0.29, 0.717) is 25.5 Å². The molecule has 1 atom stereocenters. The van der Waals surface area contributed by atoms with Crippen molar-refractivity contribution in [2.24, 2.45) is 5.92 Å². The molecule has 0 spiro atoms. The van der Waals surface area contributed by atoms with Crippen LogP contribution in [0, 0.1) is 12.3 Å². The number of likely N-dealkylation sites (N-methyl/N-ethyl adjacent to an activating group) is 1. The first-order valence-electron chi connectivity index (χ1n) is 14.3. The van der Waals surface area contributed by atoms with E-state index >= 15 is 0 Å². The van der Waals surface area contributed by atoms with Gasteiger partial charge in [0.15, 0.2) is 6.23 Å². The summed E-state index contributed by atoms with van der Waals surface area (Å²) in [6.07, 6.45) is 18.3. The van der Waals surface area contributed by atoms with Gasteiger partial charge in [0.2, 0.25) is 0 Å². The third-order valence-corrected chi connectivity index (χ3v) is 6.77. The lowest BCUT2D eigenvalue weighted by atomic mass is 10.1. The zero-order valence-electron chi connectivity index (χ0n) is 23.9. The molecular weight excluding hydrogens is 470 g/mol. The second-order valence-electron chi connectivity index (χ2n) is 10.1. The Morgan fingerprint density at radius 2 is 1.64 bits per heavy atom. The van der Waals surface area contributed by atoms with Crippen LogP contribution in [0.25, 0.3) is 5.57 Å². The molecule has 36 heavy (non-hydrogen) atoms. The second-order valence-corrected chi connectivity index (χ2v) is 10.6. The van der Waals surface area contributed by atoms with Gasteiger partial charge in [0, 0.05) is 18.9 Å². The molecule has 7 heteroatoms. The Morgan fingerprint density at radius 3 is 2.28 bits per heavy atom.